The molecule has 5 aliphatic rings. The van der Waals surface area contributed by atoms with Crippen molar-refractivity contribution in [3.8, 4) is 5.75 Å². The fourth-order valence-electron chi connectivity index (χ4n) is 8.13. The van der Waals surface area contributed by atoms with E-state index in [1.807, 2.05) is 76.3 Å². The molecule has 0 radical (unpaired) electrons. The number of aliphatic hydroxyl groups excluding tert-OH is 1. The van der Waals surface area contributed by atoms with Gasteiger partial charge in [-0.15, -0.1) is 0 Å². The lowest BCUT2D eigenvalue weighted by atomic mass is 9.74. The quantitative estimate of drug-likeness (QED) is 0.389. The highest BCUT2D eigenvalue weighted by molar-refractivity contribution is 6.04. The molecule has 3 amide bonds. The zero-order valence-electron chi connectivity index (χ0n) is 27.5. The Balaban J connectivity index is 1.38. The van der Waals surface area contributed by atoms with Crippen molar-refractivity contribution in [1.82, 2.24) is 14.7 Å². The molecule has 0 aliphatic carbocycles. The molecule has 6 rings (SSSR count). The van der Waals surface area contributed by atoms with Gasteiger partial charge in [0.05, 0.1) is 49.9 Å². The van der Waals surface area contributed by atoms with Gasteiger partial charge in [0.1, 0.15) is 17.4 Å². The van der Waals surface area contributed by atoms with Crippen LogP contribution in [0.3, 0.4) is 0 Å². The van der Waals surface area contributed by atoms with Crippen LogP contribution in [0, 0.1) is 17.8 Å². The average molecular weight is 637 g/mol. The second kappa shape index (κ2) is 13.1. The molecule has 1 spiro atoms. The molecule has 5 heterocycles. The molecule has 6 atom stereocenters. The molecule has 3 fully saturated rings. The third-order valence-corrected chi connectivity index (χ3v) is 10.2. The van der Waals surface area contributed by atoms with Gasteiger partial charge in [-0.3, -0.25) is 19.3 Å². The third-order valence-electron chi connectivity index (χ3n) is 10.2. The van der Waals surface area contributed by atoms with Gasteiger partial charge in [-0.25, -0.2) is 0 Å². The van der Waals surface area contributed by atoms with Crippen LogP contribution in [0.25, 0.3) is 0 Å². The van der Waals surface area contributed by atoms with E-state index < -0.39 is 35.1 Å². The van der Waals surface area contributed by atoms with E-state index in [-0.39, 0.29) is 30.2 Å². The number of fused-ring (bicyclic) bond motifs is 2. The Bertz CT molecular complexity index is 1360. The van der Waals surface area contributed by atoms with E-state index in [0.29, 0.717) is 63.9 Å². The number of anilines is 1. The Morgan fingerprint density at radius 1 is 0.957 bits per heavy atom. The van der Waals surface area contributed by atoms with E-state index in [4.69, 9.17) is 14.2 Å². The molecule has 0 bridgehead atoms. The first-order valence-corrected chi connectivity index (χ1v) is 16.7. The summed E-state index contributed by atoms with van der Waals surface area (Å²) >= 11 is 0. The summed E-state index contributed by atoms with van der Waals surface area (Å²) in [5.41, 5.74) is -1.80. The van der Waals surface area contributed by atoms with Crippen molar-refractivity contribution in [2.75, 3.05) is 70.6 Å². The number of nitrogens with zero attached hydrogens (tertiary/aromatic N) is 4. The highest BCUT2D eigenvalue weighted by Crippen LogP contribution is 2.58. The summed E-state index contributed by atoms with van der Waals surface area (Å²) in [7, 11) is 0. The summed E-state index contributed by atoms with van der Waals surface area (Å²) in [6, 6.07) is 5.77. The largest absolute Gasteiger partial charge is 0.494 e. The number of likely N-dealkylation sites (tertiary alicyclic amines) is 1. The lowest BCUT2D eigenvalue weighted by Crippen LogP contribution is -2.59. The lowest BCUT2D eigenvalue weighted by Gasteiger charge is -2.40. The molecular weight excluding hydrogens is 588 g/mol. The van der Waals surface area contributed by atoms with Crippen molar-refractivity contribution in [3.05, 3.63) is 48.6 Å². The molecule has 46 heavy (non-hydrogen) atoms. The highest BCUT2D eigenvalue weighted by atomic mass is 16.5. The van der Waals surface area contributed by atoms with Crippen LogP contribution in [0.1, 0.15) is 34.1 Å². The second-order valence-corrected chi connectivity index (χ2v) is 13.6. The Kier molecular flexibility index (Phi) is 9.31. The minimum atomic E-state index is -1.37. The Labute approximate surface area is 271 Å². The van der Waals surface area contributed by atoms with E-state index in [9.17, 15) is 19.5 Å². The second-order valence-electron chi connectivity index (χ2n) is 13.6. The van der Waals surface area contributed by atoms with E-state index in [1.54, 1.807) is 14.7 Å². The molecule has 11 nitrogen and oxygen atoms in total. The van der Waals surface area contributed by atoms with Crippen molar-refractivity contribution in [3.63, 3.8) is 0 Å². The monoisotopic (exact) mass is 636 g/mol. The number of hydrogen-bond donors (Lipinski definition) is 1. The maximum atomic E-state index is 14.8. The van der Waals surface area contributed by atoms with Crippen molar-refractivity contribution in [2.24, 2.45) is 17.8 Å². The molecule has 1 aromatic rings. The molecular formula is C35H48N4O7. The van der Waals surface area contributed by atoms with Crippen LogP contribution in [0.15, 0.2) is 48.6 Å². The molecule has 3 saturated heterocycles. The number of rotatable bonds is 10. The van der Waals surface area contributed by atoms with Crippen LogP contribution >= 0.6 is 0 Å². The van der Waals surface area contributed by atoms with Gasteiger partial charge in [-0.05, 0) is 50.5 Å². The molecule has 1 N–H and O–H groups in total. The van der Waals surface area contributed by atoms with E-state index in [1.165, 1.54) is 0 Å². The van der Waals surface area contributed by atoms with Gasteiger partial charge in [0, 0.05) is 45.0 Å². The van der Waals surface area contributed by atoms with Gasteiger partial charge in [-0.2, -0.15) is 0 Å². The molecule has 0 saturated carbocycles. The van der Waals surface area contributed by atoms with Gasteiger partial charge < -0.3 is 34.0 Å². The first kappa shape index (κ1) is 32.7. The van der Waals surface area contributed by atoms with Crippen LogP contribution in [0.5, 0.6) is 5.75 Å². The number of morpholine rings is 1. The molecule has 11 heteroatoms. The number of ether oxygens (including phenoxy) is 3. The molecule has 1 unspecified atom stereocenters. The van der Waals surface area contributed by atoms with Gasteiger partial charge in [0.2, 0.25) is 17.7 Å². The lowest BCUT2D eigenvalue weighted by molar-refractivity contribution is -0.154. The Morgan fingerprint density at radius 2 is 1.67 bits per heavy atom. The zero-order chi connectivity index (χ0) is 32.6. The zero-order valence-corrected chi connectivity index (χ0v) is 27.5. The standard InChI is InChI=1S/C35H48N4O7/c1-5-45-27-10-8-25(9-11-27)38-15-6-12-34(4)28(31(38)41)29-32(42)39(26(23-40)22-24(2)3)30-33(43)37(14-7-13-35(29,30)46-34)17-16-36-18-20-44-21-19-36/h6-13,24,26,28-30,40H,5,14-23H2,1-4H3/t26-,28+,29+,30?,34-,35+/m1/s1. The van der Waals surface area contributed by atoms with Crippen molar-refractivity contribution in [1.29, 1.82) is 0 Å². The highest BCUT2D eigenvalue weighted by Gasteiger charge is 2.75. The maximum Gasteiger partial charge on any atom is 0.249 e. The fourth-order valence-corrected chi connectivity index (χ4v) is 8.13. The van der Waals surface area contributed by atoms with Gasteiger partial charge in [0.15, 0.2) is 0 Å². The minimum absolute atomic E-state index is 0.166. The summed E-state index contributed by atoms with van der Waals surface area (Å²) in [5, 5.41) is 10.6. The first-order chi connectivity index (χ1) is 22.1. The predicted octanol–water partition coefficient (Wildman–Crippen LogP) is 2.10. The van der Waals surface area contributed by atoms with E-state index in [0.717, 1.165) is 13.1 Å². The van der Waals surface area contributed by atoms with Crippen LogP contribution in [0.2, 0.25) is 0 Å². The number of amides is 3. The molecule has 1 aromatic carbocycles. The molecule has 5 aliphatic heterocycles. The van der Waals surface area contributed by atoms with Gasteiger partial charge in [-0.1, -0.05) is 38.2 Å². The van der Waals surface area contributed by atoms with Crippen molar-refractivity contribution in [2.45, 2.75) is 57.4 Å². The molecule has 250 valence electrons. The summed E-state index contributed by atoms with van der Waals surface area (Å²) in [6.07, 6.45) is 8.11. The topological polar surface area (TPSA) is 112 Å². The van der Waals surface area contributed by atoms with Crippen LogP contribution < -0.4 is 9.64 Å². The Morgan fingerprint density at radius 3 is 2.35 bits per heavy atom. The average Bonchev–Trinajstić information content (AvgIpc) is 3.32. The smallest absolute Gasteiger partial charge is 0.249 e. The minimum Gasteiger partial charge on any atom is -0.494 e. The summed E-state index contributed by atoms with van der Waals surface area (Å²) in [6.45, 7) is 12.9. The summed E-state index contributed by atoms with van der Waals surface area (Å²) in [5.74, 6) is -1.71. The van der Waals surface area contributed by atoms with Crippen molar-refractivity contribution >= 4 is 23.4 Å². The summed E-state index contributed by atoms with van der Waals surface area (Å²) < 4.78 is 18.1. The molecule has 0 aromatic heterocycles. The fraction of sp³-hybridized carbons (Fsp3) is 0.629. The third kappa shape index (κ3) is 5.65. The van der Waals surface area contributed by atoms with Crippen LogP contribution in [0.4, 0.5) is 5.69 Å². The maximum absolute atomic E-state index is 14.8. The van der Waals surface area contributed by atoms with E-state index >= 15 is 0 Å². The number of hydrogen-bond acceptors (Lipinski definition) is 8. The first-order valence-electron chi connectivity index (χ1n) is 16.7. The van der Waals surface area contributed by atoms with Gasteiger partial charge >= 0.3 is 0 Å². The number of carbonyl (C=O) groups excluding carboxylic acids is 3. The number of benzene rings is 1. The van der Waals surface area contributed by atoms with Crippen LogP contribution in [-0.4, -0.2) is 127 Å². The van der Waals surface area contributed by atoms with E-state index in [2.05, 4.69) is 4.90 Å². The summed E-state index contributed by atoms with van der Waals surface area (Å²) in [4.78, 5) is 51.5. The Hall–Kier alpha value is -3.25. The number of aliphatic hydroxyl groups is 1. The predicted molar refractivity (Wildman–Crippen MR) is 172 cm³/mol. The number of carbonyl (C=O) groups is 3. The van der Waals surface area contributed by atoms with Gasteiger partial charge in [0.25, 0.3) is 0 Å². The van der Waals surface area contributed by atoms with Crippen molar-refractivity contribution < 1.29 is 33.7 Å². The SMILES string of the molecule is CCOc1ccc(N2CC=C[C@@]3(C)O[C@]45C=CCN(CCN6CCOCC6)C(=O)C4N([C@@H](CO)CC(C)C)C(=O)[C@@H]5[C@H]3C2=O)cc1. The normalized spacial score (nSPS) is 32.0. The van der Waals surface area contributed by atoms with Crippen LogP contribution in [-0.2, 0) is 23.9 Å².